The molecule has 1 N–H and O–H groups in total. The summed E-state index contributed by atoms with van der Waals surface area (Å²) in [5.74, 6) is 0.489. The maximum absolute atomic E-state index is 12.7. The van der Waals surface area contributed by atoms with Crippen molar-refractivity contribution in [2.75, 3.05) is 30.4 Å². The molecule has 3 aromatic rings. The first-order chi connectivity index (χ1) is 13.1. The Balaban J connectivity index is 1.45. The van der Waals surface area contributed by atoms with Crippen molar-refractivity contribution in [3.05, 3.63) is 41.6 Å². The minimum Gasteiger partial charge on any atom is -0.495 e. The number of pyridine rings is 1. The van der Waals surface area contributed by atoms with Crippen molar-refractivity contribution in [3.63, 3.8) is 0 Å². The highest BCUT2D eigenvalue weighted by atomic mass is 35.5. The molecule has 0 radical (unpaired) electrons. The number of nitrogens with one attached hydrogen (secondary N) is 1. The summed E-state index contributed by atoms with van der Waals surface area (Å²) in [5.41, 5.74) is 1.57. The van der Waals surface area contributed by atoms with E-state index in [0.29, 0.717) is 23.0 Å². The van der Waals surface area contributed by atoms with Crippen molar-refractivity contribution < 1.29 is 9.53 Å². The molecule has 1 aliphatic heterocycles. The number of piperidine rings is 1. The van der Waals surface area contributed by atoms with Crippen molar-refractivity contribution >= 4 is 50.0 Å². The highest BCUT2D eigenvalue weighted by Crippen LogP contribution is 2.31. The van der Waals surface area contributed by atoms with Gasteiger partial charge < -0.3 is 15.0 Å². The number of fused-ring (bicyclic) bond motifs is 1. The van der Waals surface area contributed by atoms with Gasteiger partial charge in [-0.15, -0.1) is 0 Å². The SMILES string of the molecule is COc1ccc(NC(=O)[C@@H]2CCCN(c3nc4cccnc4s3)C2)cc1Cl. The Bertz CT molecular complexity index is 944. The van der Waals surface area contributed by atoms with Gasteiger partial charge in [0.15, 0.2) is 5.13 Å². The van der Waals surface area contributed by atoms with Gasteiger partial charge in [0.05, 0.1) is 18.1 Å². The number of methoxy groups -OCH3 is 1. The Labute approximate surface area is 166 Å². The van der Waals surface area contributed by atoms with E-state index in [9.17, 15) is 4.79 Å². The number of rotatable bonds is 4. The smallest absolute Gasteiger partial charge is 0.229 e. The third-order valence-corrected chi connectivity index (χ3v) is 5.97. The van der Waals surface area contributed by atoms with E-state index in [0.717, 1.165) is 34.9 Å². The number of thiazole rings is 1. The van der Waals surface area contributed by atoms with Gasteiger partial charge in [0.25, 0.3) is 0 Å². The molecule has 0 saturated carbocycles. The van der Waals surface area contributed by atoms with Crippen LogP contribution >= 0.6 is 22.9 Å². The summed E-state index contributed by atoms with van der Waals surface area (Å²) in [6, 6.07) is 9.10. The number of halogens is 1. The van der Waals surface area contributed by atoms with Crippen molar-refractivity contribution in [3.8, 4) is 5.75 Å². The monoisotopic (exact) mass is 402 g/mol. The molecule has 1 fully saturated rings. The third kappa shape index (κ3) is 3.84. The van der Waals surface area contributed by atoms with Gasteiger partial charge in [-0.25, -0.2) is 9.97 Å². The molecule has 3 heterocycles. The average Bonchev–Trinajstić information content (AvgIpc) is 3.12. The first-order valence-electron chi connectivity index (χ1n) is 8.75. The predicted octanol–water partition coefficient (Wildman–Crippen LogP) is 4.21. The molecule has 1 saturated heterocycles. The lowest BCUT2D eigenvalue weighted by Crippen LogP contribution is -2.40. The van der Waals surface area contributed by atoms with Gasteiger partial charge in [-0.2, -0.15) is 0 Å². The Kier molecular flexibility index (Phi) is 5.13. The molecule has 1 atom stereocenters. The van der Waals surface area contributed by atoms with Gasteiger partial charge in [-0.1, -0.05) is 22.9 Å². The Hall–Kier alpha value is -2.38. The summed E-state index contributed by atoms with van der Waals surface area (Å²) < 4.78 is 5.15. The number of amides is 1. The van der Waals surface area contributed by atoms with Gasteiger partial charge in [-0.3, -0.25) is 4.79 Å². The molecule has 0 spiro atoms. The first-order valence-corrected chi connectivity index (χ1v) is 9.94. The number of nitrogens with zero attached hydrogens (tertiary/aromatic N) is 3. The second-order valence-electron chi connectivity index (χ2n) is 6.45. The predicted molar refractivity (Wildman–Crippen MR) is 109 cm³/mol. The van der Waals surface area contributed by atoms with Gasteiger partial charge in [0, 0.05) is 25.0 Å². The zero-order chi connectivity index (χ0) is 18.8. The van der Waals surface area contributed by atoms with E-state index in [-0.39, 0.29) is 11.8 Å². The quantitative estimate of drug-likeness (QED) is 0.708. The lowest BCUT2D eigenvalue weighted by Gasteiger charge is -2.31. The van der Waals surface area contributed by atoms with E-state index in [1.807, 2.05) is 12.1 Å². The molecule has 0 aliphatic carbocycles. The van der Waals surface area contributed by atoms with Crippen LogP contribution in [0.4, 0.5) is 10.8 Å². The standard InChI is InChI=1S/C19H19ClN4O2S/c1-26-16-7-6-13(10-14(16)20)22-17(25)12-4-3-9-24(11-12)19-23-15-5-2-8-21-18(15)27-19/h2,5-8,10,12H,3-4,9,11H2,1H3,(H,22,25)/t12-/m1/s1. The normalized spacial score (nSPS) is 17.1. The largest absolute Gasteiger partial charge is 0.495 e. The molecule has 140 valence electrons. The van der Waals surface area contributed by atoms with E-state index in [2.05, 4.69) is 20.2 Å². The minimum atomic E-state index is -0.0976. The second-order valence-corrected chi connectivity index (χ2v) is 7.81. The van der Waals surface area contributed by atoms with Crippen molar-refractivity contribution in [2.45, 2.75) is 12.8 Å². The number of hydrogen-bond donors (Lipinski definition) is 1. The van der Waals surface area contributed by atoms with Crippen LogP contribution in [-0.4, -0.2) is 36.1 Å². The van der Waals surface area contributed by atoms with Gasteiger partial charge in [-0.05, 0) is 43.2 Å². The first kappa shape index (κ1) is 18.0. The van der Waals surface area contributed by atoms with Crippen LogP contribution in [0.2, 0.25) is 5.02 Å². The molecule has 8 heteroatoms. The van der Waals surface area contributed by atoms with Crippen LogP contribution in [0.3, 0.4) is 0 Å². The lowest BCUT2D eigenvalue weighted by molar-refractivity contribution is -0.120. The number of aromatic nitrogens is 2. The number of carbonyl (C=O) groups excluding carboxylic acids is 1. The van der Waals surface area contributed by atoms with Crippen molar-refractivity contribution in [1.29, 1.82) is 0 Å². The van der Waals surface area contributed by atoms with E-state index >= 15 is 0 Å². The summed E-state index contributed by atoms with van der Waals surface area (Å²) in [7, 11) is 1.56. The zero-order valence-electron chi connectivity index (χ0n) is 14.8. The fourth-order valence-corrected chi connectivity index (χ4v) is 4.45. The molecular weight excluding hydrogens is 384 g/mol. The summed E-state index contributed by atoms with van der Waals surface area (Å²) >= 11 is 7.71. The number of benzene rings is 1. The molecular formula is C19H19ClN4O2S. The van der Waals surface area contributed by atoms with Crippen LogP contribution in [0.5, 0.6) is 5.75 Å². The highest BCUT2D eigenvalue weighted by Gasteiger charge is 2.27. The van der Waals surface area contributed by atoms with Crippen LogP contribution in [0.15, 0.2) is 36.5 Å². The zero-order valence-corrected chi connectivity index (χ0v) is 16.4. The molecule has 27 heavy (non-hydrogen) atoms. The fraction of sp³-hybridized carbons (Fsp3) is 0.316. The van der Waals surface area contributed by atoms with Gasteiger partial charge in [0.2, 0.25) is 5.91 Å². The van der Waals surface area contributed by atoms with Crippen LogP contribution in [0, 0.1) is 5.92 Å². The highest BCUT2D eigenvalue weighted by molar-refractivity contribution is 7.21. The lowest BCUT2D eigenvalue weighted by atomic mass is 9.97. The molecule has 2 aromatic heterocycles. The van der Waals surface area contributed by atoms with E-state index in [1.165, 1.54) is 0 Å². The van der Waals surface area contributed by atoms with Crippen LogP contribution in [0.1, 0.15) is 12.8 Å². The topological polar surface area (TPSA) is 67.3 Å². The molecule has 6 nitrogen and oxygen atoms in total. The molecule has 4 rings (SSSR count). The summed E-state index contributed by atoms with van der Waals surface area (Å²) in [5, 5.41) is 4.37. The molecule has 1 amide bonds. The van der Waals surface area contributed by atoms with Crippen molar-refractivity contribution in [2.24, 2.45) is 5.92 Å². The molecule has 1 aliphatic rings. The van der Waals surface area contributed by atoms with E-state index in [1.54, 1.807) is 42.8 Å². The van der Waals surface area contributed by atoms with Crippen molar-refractivity contribution in [1.82, 2.24) is 9.97 Å². The Morgan fingerprint density at radius 2 is 2.30 bits per heavy atom. The van der Waals surface area contributed by atoms with Crippen LogP contribution < -0.4 is 15.0 Å². The fourth-order valence-electron chi connectivity index (χ4n) is 3.25. The van der Waals surface area contributed by atoms with Gasteiger partial charge >= 0.3 is 0 Å². The van der Waals surface area contributed by atoms with E-state index < -0.39 is 0 Å². The third-order valence-electron chi connectivity index (χ3n) is 4.64. The maximum Gasteiger partial charge on any atom is 0.229 e. The number of anilines is 2. The number of carbonyl (C=O) groups is 1. The number of hydrogen-bond acceptors (Lipinski definition) is 6. The second kappa shape index (κ2) is 7.70. The summed E-state index contributed by atoms with van der Waals surface area (Å²) in [4.78, 5) is 24.9. The maximum atomic E-state index is 12.7. The van der Waals surface area contributed by atoms with Crippen LogP contribution in [-0.2, 0) is 4.79 Å². The minimum absolute atomic E-state index is 0.000157. The van der Waals surface area contributed by atoms with Gasteiger partial charge in [0.1, 0.15) is 16.1 Å². The molecule has 1 aromatic carbocycles. The summed E-state index contributed by atoms with van der Waals surface area (Å²) in [6.07, 6.45) is 3.58. The molecule has 0 unspecified atom stereocenters. The van der Waals surface area contributed by atoms with E-state index in [4.69, 9.17) is 16.3 Å². The Morgan fingerprint density at radius 3 is 3.07 bits per heavy atom. The summed E-state index contributed by atoms with van der Waals surface area (Å²) in [6.45, 7) is 1.55. The Morgan fingerprint density at radius 1 is 1.41 bits per heavy atom. The number of ether oxygens (including phenoxy) is 1. The molecule has 0 bridgehead atoms. The van der Waals surface area contributed by atoms with Crippen LogP contribution in [0.25, 0.3) is 10.3 Å². The average molecular weight is 403 g/mol.